The van der Waals surface area contributed by atoms with Gasteiger partial charge < -0.3 is 5.11 Å². The molecule has 0 rings (SSSR count). The second-order valence-electron chi connectivity index (χ2n) is 2.13. The Morgan fingerprint density at radius 2 is 1.55 bits per heavy atom. The SMILES string of the molecule is BrP(Br)Br.CC#CC(C)(C)O. The van der Waals surface area contributed by atoms with Crippen LogP contribution in [0.3, 0.4) is 0 Å². The summed E-state index contributed by atoms with van der Waals surface area (Å²) in [6.07, 6.45) is 0. The van der Waals surface area contributed by atoms with E-state index in [-0.39, 0.29) is 4.03 Å². The van der Waals surface area contributed by atoms with Gasteiger partial charge in [-0.15, -0.1) is 5.92 Å². The van der Waals surface area contributed by atoms with Gasteiger partial charge in [0.1, 0.15) is 9.63 Å². The Morgan fingerprint density at radius 3 is 1.55 bits per heavy atom. The number of halogens is 3. The van der Waals surface area contributed by atoms with Gasteiger partial charge in [0.25, 0.3) is 0 Å². The third-order valence-corrected chi connectivity index (χ3v) is 0.431. The topological polar surface area (TPSA) is 20.2 Å². The van der Waals surface area contributed by atoms with Crippen LogP contribution in [0.1, 0.15) is 20.8 Å². The van der Waals surface area contributed by atoms with Crippen molar-refractivity contribution in [3.05, 3.63) is 0 Å². The van der Waals surface area contributed by atoms with Crippen LogP contribution in [0.15, 0.2) is 0 Å². The molecule has 5 heteroatoms. The molecule has 0 spiro atoms. The minimum atomic E-state index is -0.811. The lowest BCUT2D eigenvalue weighted by molar-refractivity contribution is 0.143. The van der Waals surface area contributed by atoms with E-state index in [1.807, 2.05) is 0 Å². The molecule has 0 aliphatic rings. The molecule has 0 unspecified atom stereocenters. The maximum atomic E-state index is 8.84. The highest BCUT2D eigenvalue weighted by molar-refractivity contribution is 9.93. The predicted octanol–water partition coefficient (Wildman–Crippen LogP) is 4.18. The van der Waals surface area contributed by atoms with Crippen LogP contribution in [-0.4, -0.2) is 10.7 Å². The first-order chi connectivity index (χ1) is 4.79. The molecular formula is C6H10Br3OP. The lowest BCUT2D eigenvalue weighted by atomic mass is 10.1. The lowest BCUT2D eigenvalue weighted by Crippen LogP contribution is -2.14. The first-order valence-corrected chi connectivity index (χ1v) is 10.1. The van der Waals surface area contributed by atoms with Gasteiger partial charge in [-0.25, -0.2) is 0 Å². The van der Waals surface area contributed by atoms with E-state index in [9.17, 15) is 0 Å². The van der Waals surface area contributed by atoms with Gasteiger partial charge >= 0.3 is 0 Å². The highest BCUT2D eigenvalue weighted by Gasteiger charge is 2.03. The molecule has 0 saturated carbocycles. The van der Waals surface area contributed by atoms with Crippen LogP contribution in [0, 0.1) is 11.8 Å². The minimum Gasteiger partial charge on any atom is -0.378 e. The van der Waals surface area contributed by atoms with Crippen LogP contribution >= 0.6 is 50.5 Å². The summed E-state index contributed by atoms with van der Waals surface area (Å²) in [5.74, 6) is 5.20. The number of rotatable bonds is 0. The molecule has 0 bridgehead atoms. The van der Waals surface area contributed by atoms with Crippen molar-refractivity contribution in [3.63, 3.8) is 0 Å². The highest BCUT2D eigenvalue weighted by atomic mass is 80.0. The third kappa shape index (κ3) is 34.6. The molecular weight excluding hydrogens is 359 g/mol. The molecule has 11 heavy (non-hydrogen) atoms. The Morgan fingerprint density at radius 1 is 1.27 bits per heavy atom. The van der Waals surface area contributed by atoms with Crippen molar-refractivity contribution in [3.8, 4) is 11.8 Å². The average molecular weight is 369 g/mol. The van der Waals surface area contributed by atoms with Gasteiger partial charge in [0.15, 0.2) is 0 Å². The first kappa shape index (κ1) is 14.9. The quantitative estimate of drug-likeness (QED) is 0.502. The maximum absolute atomic E-state index is 8.84. The number of aliphatic hydroxyl groups is 1. The normalized spacial score (nSPS) is 9.45. The second kappa shape index (κ2) is 8.01. The molecule has 0 saturated heterocycles. The van der Waals surface area contributed by atoms with E-state index in [1.165, 1.54) is 0 Å². The van der Waals surface area contributed by atoms with Gasteiger partial charge in [0.2, 0.25) is 0 Å². The van der Waals surface area contributed by atoms with Crippen LogP contribution in [0.5, 0.6) is 0 Å². The largest absolute Gasteiger partial charge is 0.378 e. The van der Waals surface area contributed by atoms with Gasteiger partial charge in [-0.2, -0.15) is 0 Å². The van der Waals surface area contributed by atoms with E-state index in [4.69, 9.17) is 5.11 Å². The highest BCUT2D eigenvalue weighted by Crippen LogP contribution is 2.59. The summed E-state index contributed by atoms with van der Waals surface area (Å²) in [6, 6.07) is 0. The molecule has 0 heterocycles. The van der Waals surface area contributed by atoms with Crippen molar-refractivity contribution in [2.24, 2.45) is 0 Å². The summed E-state index contributed by atoms with van der Waals surface area (Å²) in [4.78, 5) is 0. The Bertz CT molecular complexity index is 139. The van der Waals surface area contributed by atoms with Gasteiger partial charge in [0, 0.05) is 0 Å². The van der Waals surface area contributed by atoms with Crippen molar-refractivity contribution >= 4 is 50.5 Å². The summed E-state index contributed by atoms with van der Waals surface area (Å²) in [5.41, 5.74) is -0.811. The summed E-state index contributed by atoms with van der Waals surface area (Å²) in [5, 5.41) is 8.84. The molecule has 66 valence electrons. The minimum absolute atomic E-state index is 0.183. The predicted molar refractivity (Wildman–Crippen MR) is 63.4 cm³/mol. The Balaban J connectivity index is 0. The van der Waals surface area contributed by atoms with Crippen molar-refractivity contribution < 1.29 is 5.11 Å². The lowest BCUT2D eigenvalue weighted by Gasteiger charge is -2.04. The molecule has 0 radical (unpaired) electrons. The zero-order valence-electron chi connectivity index (χ0n) is 6.53. The summed E-state index contributed by atoms with van der Waals surface area (Å²) >= 11 is 9.51. The van der Waals surface area contributed by atoms with Crippen LogP contribution in [0.4, 0.5) is 0 Å². The molecule has 0 aliphatic carbocycles. The molecule has 0 aromatic heterocycles. The van der Waals surface area contributed by atoms with Gasteiger partial charge in [0.05, 0.1) is 0 Å². The van der Waals surface area contributed by atoms with Gasteiger partial charge in [-0.1, -0.05) is 5.92 Å². The van der Waals surface area contributed by atoms with Crippen molar-refractivity contribution in [1.29, 1.82) is 0 Å². The summed E-state index contributed by atoms with van der Waals surface area (Å²) in [7, 11) is 0. The maximum Gasteiger partial charge on any atom is 0.119 e. The van der Waals surface area contributed by atoms with E-state index < -0.39 is 5.60 Å². The third-order valence-electron chi connectivity index (χ3n) is 0.431. The molecule has 0 aromatic rings. The van der Waals surface area contributed by atoms with Crippen molar-refractivity contribution in [2.45, 2.75) is 26.4 Å². The standard InChI is InChI=1S/C6H10O.Br3P/c1-4-5-6(2,3)7;1-4(2)3/h7H,1-3H3;. The average Bonchev–Trinajstić information content (AvgIpc) is 1.58. The second-order valence-corrected chi connectivity index (χ2v) is 17.5. The number of hydrogen-bond acceptors (Lipinski definition) is 1. The fourth-order valence-corrected chi connectivity index (χ4v) is 0.306. The van der Waals surface area contributed by atoms with E-state index in [0.29, 0.717) is 0 Å². The summed E-state index contributed by atoms with van der Waals surface area (Å²) < 4.78 is -0.183. The smallest absolute Gasteiger partial charge is 0.119 e. The van der Waals surface area contributed by atoms with Crippen LogP contribution in [-0.2, 0) is 0 Å². The monoisotopic (exact) mass is 366 g/mol. The molecule has 0 amide bonds. The van der Waals surface area contributed by atoms with Crippen molar-refractivity contribution in [1.82, 2.24) is 0 Å². The molecule has 0 aromatic carbocycles. The van der Waals surface area contributed by atoms with Gasteiger partial charge in [-0.05, 0) is 67.2 Å². The Labute approximate surface area is 93.3 Å². The van der Waals surface area contributed by atoms with Crippen molar-refractivity contribution in [2.75, 3.05) is 0 Å². The zero-order valence-corrected chi connectivity index (χ0v) is 12.2. The van der Waals surface area contributed by atoms with E-state index >= 15 is 0 Å². The molecule has 0 fully saturated rings. The van der Waals surface area contributed by atoms with E-state index in [2.05, 4.69) is 58.3 Å². The van der Waals surface area contributed by atoms with E-state index in [0.717, 1.165) is 0 Å². The Kier molecular flexibility index (Phi) is 10.8. The number of hydrogen-bond donors (Lipinski definition) is 1. The summed E-state index contributed by atoms with van der Waals surface area (Å²) in [6.45, 7) is 5.02. The van der Waals surface area contributed by atoms with Gasteiger partial charge in [-0.3, -0.25) is 0 Å². The van der Waals surface area contributed by atoms with Crippen LogP contribution < -0.4 is 0 Å². The van der Waals surface area contributed by atoms with E-state index in [1.54, 1.807) is 20.8 Å². The van der Waals surface area contributed by atoms with Crippen LogP contribution in [0.25, 0.3) is 0 Å². The molecule has 0 atom stereocenters. The fourth-order valence-electron chi connectivity index (χ4n) is 0.306. The fraction of sp³-hybridized carbons (Fsp3) is 0.667. The Hall–Kier alpha value is 1.39. The molecule has 1 N–H and O–H groups in total. The van der Waals surface area contributed by atoms with Crippen LogP contribution in [0.2, 0.25) is 0 Å². The first-order valence-electron chi connectivity index (χ1n) is 2.73. The zero-order chi connectivity index (χ0) is 9.49. The molecule has 1 nitrogen and oxygen atoms in total. The molecule has 0 aliphatic heterocycles.